The van der Waals surface area contributed by atoms with E-state index < -0.39 is 0 Å². The van der Waals surface area contributed by atoms with Crippen LogP contribution in [-0.2, 0) is 6.42 Å². The minimum atomic E-state index is 0.526. The minimum Gasteiger partial charge on any atom is -0.317 e. The first-order chi connectivity index (χ1) is 13.8. The van der Waals surface area contributed by atoms with Gasteiger partial charge in [-0.15, -0.1) is 11.8 Å². The number of nitrogens with zero attached hydrogens (tertiary/aromatic N) is 2. The number of aryl methyl sites for hydroxylation is 1. The number of thioether (sulfide) groups is 1. The molecule has 0 aliphatic carbocycles. The molecule has 3 unspecified atom stereocenters. The molecule has 3 atom stereocenters. The molecule has 2 fully saturated rings. The molecule has 1 N–H and O–H groups in total. The van der Waals surface area contributed by atoms with Crippen LogP contribution < -0.4 is 5.32 Å². The van der Waals surface area contributed by atoms with E-state index in [4.69, 9.17) is 4.99 Å². The van der Waals surface area contributed by atoms with Gasteiger partial charge in [0, 0.05) is 16.9 Å². The Kier molecular flexibility index (Phi) is 8.88. The van der Waals surface area contributed by atoms with Crippen LogP contribution in [0.25, 0.3) is 0 Å². The van der Waals surface area contributed by atoms with Gasteiger partial charge in [-0.1, -0.05) is 38.1 Å². The lowest BCUT2D eigenvalue weighted by Crippen LogP contribution is -2.27. The third-order valence-corrected chi connectivity index (χ3v) is 7.67. The molecule has 3 aliphatic rings. The molecule has 0 amide bonds. The Morgan fingerprint density at radius 1 is 1.07 bits per heavy atom. The van der Waals surface area contributed by atoms with Crippen LogP contribution in [0.5, 0.6) is 0 Å². The van der Waals surface area contributed by atoms with Crippen LogP contribution in [0.1, 0.15) is 70.4 Å². The first kappa shape index (κ1) is 21.9. The van der Waals surface area contributed by atoms with Crippen molar-refractivity contribution in [2.24, 2.45) is 4.99 Å². The second-order valence-electron chi connectivity index (χ2n) is 8.17. The zero-order valence-electron chi connectivity index (χ0n) is 18.1. The molecule has 28 heavy (non-hydrogen) atoms. The summed E-state index contributed by atoms with van der Waals surface area (Å²) in [6.07, 6.45) is 9.05. The Balaban J connectivity index is 0.00000109. The average Bonchev–Trinajstić information content (AvgIpc) is 3.27. The smallest absolute Gasteiger partial charge is 0.0984 e. The summed E-state index contributed by atoms with van der Waals surface area (Å²) in [6.45, 7) is 11.2. The number of fused-ring (bicyclic) bond motifs is 1. The van der Waals surface area contributed by atoms with Crippen LogP contribution >= 0.6 is 11.8 Å². The topological polar surface area (TPSA) is 27.6 Å². The molecular weight excluding hydrogens is 362 g/mol. The van der Waals surface area contributed by atoms with E-state index in [0.29, 0.717) is 11.3 Å². The molecule has 0 radical (unpaired) electrons. The molecule has 3 aliphatic heterocycles. The maximum absolute atomic E-state index is 5.03. The first-order valence-electron chi connectivity index (χ1n) is 11.6. The molecule has 4 rings (SSSR count). The average molecular weight is 402 g/mol. The van der Waals surface area contributed by atoms with E-state index in [-0.39, 0.29) is 0 Å². The molecule has 2 saturated heterocycles. The van der Waals surface area contributed by atoms with Gasteiger partial charge in [0.25, 0.3) is 0 Å². The predicted octanol–water partition coefficient (Wildman–Crippen LogP) is 5.13. The van der Waals surface area contributed by atoms with Crippen LogP contribution in [0.4, 0.5) is 0 Å². The van der Waals surface area contributed by atoms with Crippen molar-refractivity contribution >= 4 is 16.8 Å². The second-order valence-corrected chi connectivity index (χ2v) is 9.39. The van der Waals surface area contributed by atoms with Crippen LogP contribution in [0.3, 0.4) is 0 Å². The predicted molar refractivity (Wildman–Crippen MR) is 125 cm³/mol. The Labute approximate surface area is 176 Å². The fourth-order valence-electron chi connectivity index (χ4n) is 4.53. The Hall–Kier alpha value is -0.840. The van der Waals surface area contributed by atoms with E-state index in [1.165, 1.54) is 74.2 Å². The summed E-state index contributed by atoms with van der Waals surface area (Å²) < 4.78 is 0. The molecule has 0 spiro atoms. The zero-order valence-corrected chi connectivity index (χ0v) is 18.9. The highest BCUT2D eigenvalue weighted by molar-refractivity contribution is 8.15. The Morgan fingerprint density at radius 2 is 1.86 bits per heavy atom. The van der Waals surface area contributed by atoms with Gasteiger partial charge in [-0.2, -0.15) is 0 Å². The van der Waals surface area contributed by atoms with E-state index in [9.17, 15) is 0 Å². The van der Waals surface area contributed by atoms with Crippen molar-refractivity contribution in [1.82, 2.24) is 10.2 Å². The van der Waals surface area contributed by atoms with E-state index in [0.717, 1.165) is 19.1 Å². The lowest BCUT2D eigenvalue weighted by atomic mass is 10.1. The third-order valence-electron chi connectivity index (χ3n) is 6.25. The number of nitrogens with one attached hydrogen (secondary N) is 1. The zero-order chi connectivity index (χ0) is 19.8. The largest absolute Gasteiger partial charge is 0.317 e. The highest BCUT2D eigenvalue weighted by Crippen LogP contribution is 2.34. The summed E-state index contributed by atoms with van der Waals surface area (Å²) in [5.74, 6) is 0. The quantitative estimate of drug-likeness (QED) is 0.669. The number of unbranched alkanes of at least 4 members (excludes halogenated alkanes) is 1. The molecule has 3 heterocycles. The van der Waals surface area contributed by atoms with Gasteiger partial charge >= 0.3 is 0 Å². The van der Waals surface area contributed by atoms with Gasteiger partial charge in [-0.25, -0.2) is 0 Å². The molecular formula is C24H39N3S. The highest BCUT2D eigenvalue weighted by atomic mass is 32.2. The number of rotatable bonds is 6. The van der Waals surface area contributed by atoms with Crippen molar-refractivity contribution in [2.45, 2.75) is 83.1 Å². The number of likely N-dealkylation sites (tertiary alicyclic amines) is 1. The molecule has 0 saturated carbocycles. The van der Waals surface area contributed by atoms with Crippen molar-refractivity contribution in [3.63, 3.8) is 0 Å². The lowest BCUT2D eigenvalue weighted by Gasteiger charge is -2.20. The van der Waals surface area contributed by atoms with E-state index in [2.05, 4.69) is 41.4 Å². The van der Waals surface area contributed by atoms with E-state index >= 15 is 0 Å². The van der Waals surface area contributed by atoms with Crippen molar-refractivity contribution < 1.29 is 0 Å². The second kappa shape index (κ2) is 11.4. The summed E-state index contributed by atoms with van der Waals surface area (Å²) in [5, 5.41) is 5.46. The van der Waals surface area contributed by atoms with Crippen LogP contribution in [0.15, 0.2) is 29.3 Å². The van der Waals surface area contributed by atoms with Gasteiger partial charge in [-0.05, 0) is 83.6 Å². The fourth-order valence-corrected chi connectivity index (χ4v) is 5.88. The van der Waals surface area contributed by atoms with Crippen LogP contribution in [0.2, 0.25) is 0 Å². The van der Waals surface area contributed by atoms with Gasteiger partial charge in [0.15, 0.2) is 0 Å². The molecule has 156 valence electrons. The summed E-state index contributed by atoms with van der Waals surface area (Å²) in [7, 11) is 0. The molecule has 0 aromatic heterocycles. The fraction of sp³-hybridized carbons (Fsp3) is 0.708. The summed E-state index contributed by atoms with van der Waals surface area (Å²) in [5.41, 5.74) is 2.80. The van der Waals surface area contributed by atoms with Crippen molar-refractivity contribution in [1.29, 1.82) is 0 Å². The summed E-state index contributed by atoms with van der Waals surface area (Å²) >= 11 is 2.01. The molecule has 4 heteroatoms. The van der Waals surface area contributed by atoms with Gasteiger partial charge in [0.1, 0.15) is 0 Å². The monoisotopic (exact) mass is 401 g/mol. The van der Waals surface area contributed by atoms with E-state index in [1.807, 2.05) is 25.6 Å². The van der Waals surface area contributed by atoms with Crippen molar-refractivity contribution in [3.05, 3.63) is 35.4 Å². The summed E-state index contributed by atoms with van der Waals surface area (Å²) in [6, 6.07) is 10.6. The van der Waals surface area contributed by atoms with Gasteiger partial charge < -0.3 is 10.2 Å². The minimum absolute atomic E-state index is 0.526. The normalized spacial score (nSPS) is 27.5. The van der Waals surface area contributed by atoms with E-state index in [1.54, 1.807) is 0 Å². The number of hydrogen-bond donors (Lipinski definition) is 1. The molecule has 1 aromatic carbocycles. The maximum atomic E-state index is 5.03. The van der Waals surface area contributed by atoms with Crippen LogP contribution in [0, 0.1) is 0 Å². The SMILES string of the molecule is CC.CC1CCCN1CCCCc1ccc(C2=NC3CCNCCC3S2)cc1. The van der Waals surface area contributed by atoms with Gasteiger partial charge in [-0.3, -0.25) is 4.99 Å². The van der Waals surface area contributed by atoms with Crippen molar-refractivity contribution in [3.8, 4) is 0 Å². The third kappa shape index (κ3) is 5.84. The molecule has 3 nitrogen and oxygen atoms in total. The number of hydrogen-bond acceptors (Lipinski definition) is 4. The standard InChI is InChI=1S/C22H33N3S.C2H6/c1-17-5-4-16-25(17)15-3-2-6-18-7-9-19(10-8-18)22-24-20-11-13-23-14-12-21(20)26-22;1-2/h7-10,17,20-21,23H,2-6,11-16H2,1H3;1-2H3. The summed E-state index contributed by atoms with van der Waals surface area (Å²) in [4.78, 5) is 7.69. The Morgan fingerprint density at radius 3 is 2.61 bits per heavy atom. The molecule has 0 bridgehead atoms. The van der Waals surface area contributed by atoms with Gasteiger partial charge in [0.2, 0.25) is 0 Å². The number of aliphatic imine (C=N–C) groups is 1. The van der Waals surface area contributed by atoms with Crippen molar-refractivity contribution in [2.75, 3.05) is 26.2 Å². The number of benzene rings is 1. The van der Waals surface area contributed by atoms with Crippen LogP contribution in [-0.4, -0.2) is 53.5 Å². The Bertz CT molecular complexity index is 613. The highest BCUT2D eigenvalue weighted by Gasteiger charge is 2.31. The lowest BCUT2D eigenvalue weighted by molar-refractivity contribution is 0.263. The first-order valence-corrected chi connectivity index (χ1v) is 12.5. The maximum Gasteiger partial charge on any atom is 0.0984 e. The molecule has 1 aromatic rings. The van der Waals surface area contributed by atoms with Gasteiger partial charge in [0.05, 0.1) is 11.1 Å².